The average Bonchev–Trinajstić information content (AvgIpc) is 2.57. The zero-order chi connectivity index (χ0) is 9.54. The van der Waals surface area contributed by atoms with Gasteiger partial charge in [0, 0.05) is 0 Å². The van der Waals surface area contributed by atoms with Gasteiger partial charge in [0.1, 0.15) is 5.82 Å². The molecular formula is C13H8FZr+3. The largest absolute Gasteiger partial charge is 4.00 e. The molecule has 0 radical (unpaired) electrons. The van der Waals surface area contributed by atoms with Gasteiger partial charge in [-0.25, -0.2) is 4.39 Å². The van der Waals surface area contributed by atoms with Crippen LogP contribution in [0.25, 0.3) is 11.1 Å². The summed E-state index contributed by atoms with van der Waals surface area (Å²) in [7, 11) is 0. The average molecular weight is 274 g/mol. The number of benzene rings is 2. The third-order valence-corrected chi connectivity index (χ3v) is 2.68. The van der Waals surface area contributed by atoms with Gasteiger partial charge >= 0.3 is 26.2 Å². The summed E-state index contributed by atoms with van der Waals surface area (Å²) >= 11 is 0. The zero-order valence-electron chi connectivity index (χ0n) is 8.05. The Labute approximate surface area is 107 Å². The van der Waals surface area contributed by atoms with Gasteiger partial charge in [-0.05, 0) is 23.6 Å². The van der Waals surface area contributed by atoms with Gasteiger partial charge in [0.25, 0.3) is 0 Å². The molecular weight excluding hydrogens is 266 g/mol. The first-order chi connectivity index (χ1) is 6.86. The fraction of sp³-hybridized carbons (Fsp3) is 0.0769. The molecule has 68 valence electrons. The number of hydrogen-bond donors (Lipinski definition) is 0. The summed E-state index contributed by atoms with van der Waals surface area (Å²) in [6.07, 6.45) is 0.809. The van der Waals surface area contributed by atoms with E-state index in [1.54, 1.807) is 6.07 Å². The Bertz CT molecular complexity index is 506. The van der Waals surface area contributed by atoms with E-state index in [9.17, 15) is 4.39 Å². The SMILES string of the molecule is Fc1cccc2c1-c1ccc[c-]c1C2.[Zr+4]. The molecule has 0 saturated carbocycles. The molecule has 0 nitrogen and oxygen atoms in total. The van der Waals surface area contributed by atoms with Gasteiger partial charge in [-0.2, -0.15) is 29.8 Å². The molecule has 0 aliphatic heterocycles. The second kappa shape index (κ2) is 4.02. The quantitative estimate of drug-likeness (QED) is 0.552. The van der Waals surface area contributed by atoms with Crippen LogP contribution in [-0.4, -0.2) is 0 Å². The molecule has 0 N–H and O–H groups in total. The van der Waals surface area contributed by atoms with Crippen molar-refractivity contribution in [2.75, 3.05) is 0 Å². The maximum atomic E-state index is 13.6. The molecule has 1 aliphatic rings. The predicted octanol–water partition coefficient (Wildman–Crippen LogP) is 3.19. The number of hydrogen-bond acceptors (Lipinski definition) is 0. The number of halogens is 1. The number of rotatable bonds is 0. The van der Waals surface area contributed by atoms with Crippen molar-refractivity contribution in [3.8, 4) is 11.1 Å². The molecule has 0 fully saturated rings. The van der Waals surface area contributed by atoms with Crippen LogP contribution in [0.1, 0.15) is 11.1 Å². The van der Waals surface area contributed by atoms with Crippen LogP contribution in [0.4, 0.5) is 4.39 Å². The third-order valence-electron chi connectivity index (χ3n) is 2.68. The molecule has 0 aromatic heterocycles. The van der Waals surface area contributed by atoms with Crippen LogP contribution in [0.2, 0.25) is 0 Å². The van der Waals surface area contributed by atoms with Gasteiger partial charge in [-0.1, -0.05) is 12.1 Å². The Balaban J connectivity index is 0.000000853. The third kappa shape index (κ3) is 1.61. The van der Waals surface area contributed by atoms with E-state index in [0.717, 1.165) is 28.7 Å². The molecule has 0 heterocycles. The first kappa shape index (κ1) is 10.8. The van der Waals surface area contributed by atoms with E-state index in [2.05, 4.69) is 6.07 Å². The molecule has 0 unspecified atom stereocenters. The van der Waals surface area contributed by atoms with Crippen molar-refractivity contribution < 1.29 is 30.6 Å². The Kier molecular flexibility index (Phi) is 2.88. The molecule has 0 amide bonds. The van der Waals surface area contributed by atoms with E-state index in [-0.39, 0.29) is 32.0 Å². The van der Waals surface area contributed by atoms with Crippen molar-refractivity contribution >= 4 is 0 Å². The van der Waals surface area contributed by atoms with Gasteiger partial charge in [0.15, 0.2) is 0 Å². The normalized spacial score (nSPS) is 11.5. The summed E-state index contributed by atoms with van der Waals surface area (Å²) in [6.45, 7) is 0. The second-order valence-corrected chi connectivity index (χ2v) is 3.51. The molecule has 0 saturated heterocycles. The van der Waals surface area contributed by atoms with Gasteiger partial charge < -0.3 is 0 Å². The van der Waals surface area contributed by atoms with E-state index in [4.69, 9.17) is 0 Å². The van der Waals surface area contributed by atoms with Crippen molar-refractivity contribution in [2.45, 2.75) is 6.42 Å². The topological polar surface area (TPSA) is 0 Å². The Morgan fingerprint density at radius 3 is 2.87 bits per heavy atom. The fourth-order valence-corrected chi connectivity index (χ4v) is 2.06. The van der Waals surface area contributed by atoms with E-state index in [1.165, 1.54) is 6.07 Å². The molecule has 1 aliphatic carbocycles. The van der Waals surface area contributed by atoms with Crippen LogP contribution in [0.3, 0.4) is 0 Å². The molecule has 15 heavy (non-hydrogen) atoms. The van der Waals surface area contributed by atoms with Gasteiger partial charge in [-0.3, -0.25) is 0 Å². The van der Waals surface area contributed by atoms with Crippen LogP contribution in [0, 0.1) is 11.9 Å². The molecule has 3 rings (SSSR count). The predicted molar refractivity (Wildman–Crippen MR) is 53.5 cm³/mol. The Hall–Kier alpha value is -0.747. The minimum atomic E-state index is -0.124. The van der Waals surface area contributed by atoms with Gasteiger partial charge in [0.05, 0.1) is 0 Å². The fourth-order valence-electron chi connectivity index (χ4n) is 2.06. The van der Waals surface area contributed by atoms with Crippen molar-refractivity contribution in [1.29, 1.82) is 0 Å². The standard InChI is InChI=1S/C13H8F.Zr/c14-12-7-3-5-10-8-9-4-1-2-6-11(9)13(10)12;/h1-3,5-7H,8H2;/q-1;+4. The van der Waals surface area contributed by atoms with Crippen molar-refractivity contribution in [1.82, 2.24) is 0 Å². The van der Waals surface area contributed by atoms with Gasteiger partial charge in [-0.15, -0.1) is 5.56 Å². The first-order valence-corrected chi connectivity index (χ1v) is 4.63. The van der Waals surface area contributed by atoms with E-state index in [0.29, 0.717) is 0 Å². The summed E-state index contributed by atoms with van der Waals surface area (Å²) in [6, 6.07) is 14.2. The maximum absolute atomic E-state index is 13.6. The Morgan fingerprint density at radius 1 is 1.13 bits per heavy atom. The summed E-state index contributed by atoms with van der Waals surface area (Å²) in [4.78, 5) is 0. The smallest absolute Gasteiger partial charge is 0.207 e. The minimum absolute atomic E-state index is 0. The van der Waals surface area contributed by atoms with Crippen molar-refractivity contribution in [3.05, 3.63) is 59.4 Å². The summed E-state index contributed by atoms with van der Waals surface area (Å²) in [5, 5.41) is 0. The van der Waals surface area contributed by atoms with Gasteiger partial charge in [0.2, 0.25) is 0 Å². The molecule has 0 spiro atoms. The van der Waals surface area contributed by atoms with Crippen molar-refractivity contribution in [3.63, 3.8) is 0 Å². The summed E-state index contributed by atoms with van der Waals surface area (Å²) < 4.78 is 13.6. The molecule has 2 heteroatoms. The van der Waals surface area contributed by atoms with Crippen LogP contribution >= 0.6 is 0 Å². The van der Waals surface area contributed by atoms with Crippen molar-refractivity contribution in [2.24, 2.45) is 0 Å². The Morgan fingerprint density at radius 2 is 2.00 bits per heavy atom. The molecule has 0 atom stereocenters. The van der Waals surface area contributed by atoms with Crippen LogP contribution < -0.4 is 0 Å². The molecule has 0 bridgehead atoms. The minimum Gasteiger partial charge on any atom is -0.207 e. The molecule has 2 aromatic carbocycles. The van der Waals surface area contributed by atoms with Crippen LogP contribution in [0.15, 0.2) is 36.4 Å². The van der Waals surface area contributed by atoms with E-state index in [1.807, 2.05) is 24.3 Å². The van der Waals surface area contributed by atoms with Crippen LogP contribution in [0.5, 0.6) is 0 Å². The second-order valence-electron chi connectivity index (χ2n) is 3.51. The monoisotopic (exact) mass is 273 g/mol. The summed E-state index contributed by atoms with van der Waals surface area (Å²) in [5.41, 5.74) is 3.94. The first-order valence-electron chi connectivity index (χ1n) is 4.63. The van der Waals surface area contributed by atoms with E-state index >= 15 is 0 Å². The zero-order valence-corrected chi connectivity index (χ0v) is 10.5. The van der Waals surface area contributed by atoms with Crippen LogP contribution in [-0.2, 0) is 32.6 Å². The molecule has 2 aromatic rings. The van der Waals surface area contributed by atoms with E-state index < -0.39 is 0 Å². The number of fused-ring (bicyclic) bond motifs is 3. The summed E-state index contributed by atoms with van der Waals surface area (Å²) in [5.74, 6) is -0.124. The maximum Gasteiger partial charge on any atom is 4.00 e.